The van der Waals surface area contributed by atoms with Gasteiger partial charge in [-0.1, -0.05) is 76.1 Å². The van der Waals surface area contributed by atoms with Crippen molar-refractivity contribution in [3.05, 3.63) is 99.0 Å². The highest BCUT2D eigenvalue weighted by atomic mass is 79.9. The van der Waals surface area contributed by atoms with Gasteiger partial charge in [-0.25, -0.2) is 8.42 Å². The van der Waals surface area contributed by atoms with Crippen LogP contribution < -0.4 is 9.62 Å². The first-order chi connectivity index (χ1) is 18.5. The van der Waals surface area contributed by atoms with Crippen molar-refractivity contribution in [1.29, 1.82) is 0 Å². The van der Waals surface area contributed by atoms with Crippen molar-refractivity contribution >= 4 is 55.1 Å². The third-order valence-corrected chi connectivity index (χ3v) is 8.32. The van der Waals surface area contributed by atoms with Gasteiger partial charge in [-0.2, -0.15) is 0 Å². The van der Waals surface area contributed by atoms with E-state index in [2.05, 4.69) is 21.2 Å². The summed E-state index contributed by atoms with van der Waals surface area (Å²) < 4.78 is 27.5. The molecular weight excluding hydrogens is 602 g/mol. The number of amides is 2. The molecule has 0 saturated carbocycles. The third-order valence-electron chi connectivity index (χ3n) is 6.38. The molecule has 0 bridgehead atoms. The Morgan fingerprint density at radius 2 is 1.67 bits per heavy atom. The van der Waals surface area contributed by atoms with Gasteiger partial charge in [0.2, 0.25) is 21.8 Å². The minimum atomic E-state index is -3.62. The van der Waals surface area contributed by atoms with Crippen LogP contribution in [0.2, 0.25) is 5.02 Å². The van der Waals surface area contributed by atoms with Gasteiger partial charge >= 0.3 is 0 Å². The average molecular weight is 635 g/mol. The van der Waals surface area contributed by atoms with Crippen molar-refractivity contribution in [3.8, 4) is 0 Å². The van der Waals surface area contributed by atoms with E-state index in [4.69, 9.17) is 11.6 Å². The van der Waals surface area contributed by atoms with Gasteiger partial charge < -0.3 is 10.2 Å². The Morgan fingerprint density at radius 3 is 2.28 bits per heavy atom. The van der Waals surface area contributed by atoms with Gasteiger partial charge in [-0.3, -0.25) is 13.9 Å². The van der Waals surface area contributed by atoms with E-state index >= 15 is 0 Å². The number of sulfonamides is 1. The van der Waals surface area contributed by atoms with Crippen LogP contribution in [0.5, 0.6) is 0 Å². The van der Waals surface area contributed by atoms with Crippen LogP contribution in [0.4, 0.5) is 5.69 Å². The van der Waals surface area contributed by atoms with Crippen LogP contribution in [-0.2, 0) is 32.6 Å². The van der Waals surface area contributed by atoms with E-state index in [0.29, 0.717) is 17.1 Å². The predicted molar refractivity (Wildman–Crippen MR) is 160 cm³/mol. The van der Waals surface area contributed by atoms with E-state index < -0.39 is 16.1 Å². The van der Waals surface area contributed by atoms with E-state index in [-0.39, 0.29) is 37.7 Å². The van der Waals surface area contributed by atoms with Gasteiger partial charge in [-0.15, -0.1) is 0 Å². The van der Waals surface area contributed by atoms with Crippen LogP contribution in [0.3, 0.4) is 0 Å². The number of likely N-dealkylation sites (N-methyl/N-ethyl adjacent to an activating group) is 1. The molecule has 1 unspecified atom stereocenters. The van der Waals surface area contributed by atoms with Crippen LogP contribution >= 0.6 is 27.5 Å². The molecule has 0 spiro atoms. The molecule has 0 aliphatic carbocycles. The lowest BCUT2D eigenvalue weighted by atomic mass is 10.0. The Morgan fingerprint density at radius 1 is 1.00 bits per heavy atom. The number of aryl methyl sites for hydroxylation is 1. The summed E-state index contributed by atoms with van der Waals surface area (Å²) in [5.74, 6) is -0.504. The van der Waals surface area contributed by atoms with E-state index in [9.17, 15) is 18.0 Å². The number of nitrogens with zero attached hydrogens (tertiary/aromatic N) is 2. The predicted octanol–water partition coefficient (Wildman–Crippen LogP) is 5.34. The molecular formula is C29H33BrClN3O4S. The number of carbonyl (C=O) groups is 2. The lowest BCUT2D eigenvalue weighted by Crippen LogP contribution is -2.49. The molecule has 208 valence electrons. The number of anilines is 1. The molecule has 2 amide bonds. The summed E-state index contributed by atoms with van der Waals surface area (Å²) in [5.41, 5.74) is 3.05. The molecule has 0 aliphatic rings. The maximum absolute atomic E-state index is 13.7. The smallest absolute Gasteiger partial charge is 0.242 e. The molecule has 10 heteroatoms. The molecule has 3 aromatic carbocycles. The zero-order valence-corrected chi connectivity index (χ0v) is 25.4. The zero-order chi connectivity index (χ0) is 28.6. The third kappa shape index (κ3) is 8.81. The van der Waals surface area contributed by atoms with E-state index in [1.165, 1.54) is 4.31 Å². The molecule has 0 radical (unpaired) electrons. The first-order valence-electron chi connectivity index (χ1n) is 12.5. The number of hydrogen-bond donors (Lipinski definition) is 1. The number of halogens is 2. The second-order valence-corrected chi connectivity index (χ2v) is 12.6. The minimum Gasteiger partial charge on any atom is -0.357 e. The summed E-state index contributed by atoms with van der Waals surface area (Å²) in [6, 6.07) is 21.5. The molecule has 0 heterocycles. The van der Waals surface area contributed by atoms with Gasteiger partial charge in [0, 0.05) is 42.5 Å². The SMILES string of the molecule is CNC(=O)C(Cc1ccccc1)N(Cc1ccc(Br)cc1)C(=O)CCCN(c1cc(Cl)ccc1C)S(C)(=O)=O. The standard InChI is InChI=1S/C29H33BrClN3O4S/c1-21-11-16-25(31)19-26(21)34(39(3,37)38)17-7-10-28(35)33(20-23-12-14-24(30)15-13-23)27(29(36)32-2)18-22-8-5-4-6-9-22/h4-6,8-9,11-16,19,27H,7,10,17-18,20H2,1-3H3,(H,32,36). The molecule has 3 rings (SSSR count). The van der Waals surface area contributed by atoms with Crippen LogP contribution in [0, 0.1) is 6.92 Å². The number of rotatable bonds is 12. The van der Waals surface area contributed by atoms with Crippen molar-refractivity contribution in [2.75, 3.05) is 24.2 Å². The van der Waals surface area contributed by atoms with Gasteiger partial charge in [-0.05, 0) is 54.3 Å². The summed E-state index contributed by atoms with van der Waals surface area (Å²) in [7, 11) is -2.07. The maximum Gasteiger partial charge on any atom is 0.242 e. The minimum absolute atomic E-state index is 0.0600. The molecule has 0 aliphatic heterocycles. The molecule has 0 aromatic heterocycles. The van der Waals surface area contributed by atoms with Crippen molar-refractivity contribution < 1.29 is 18.0 Å². The fourth-order valence-corrected chi connectivity index (χ4v) is 5.79. The Labute approximate surface area is 244 Å². The summed E-state index contributed by atoms with van der Waals surface area (Å²) in [4.78, 5) is 28.4. The highest BCUT2D eigenvalue weighted by Crippen LogP contribution is 2.27. The quantitative estimate of drug-likeness (QED) is 0.291. The summed E-state index contributed by atoms with van der Waals surface area (Å²) in [5, 5.41) is 3.13. The normalized spacial score (nSPS) is 12.0. The van der Waals surface area contributed by atoms with Gasteiger partial charge in [0.25, 0.3) is 0 Å². The zero-order valence-electron chi connectivity index (χ0n) is 22.2. The Balaban J connectivity index is 1.86. The van der Waals surface area contributed by atoms with Crippen molar-refractivity contribution in [2.24, 2.45) is 0 Å². The molecule has 1 atom stereocenters. The Kier molecular flexibility index (Phi) is 11.0. The van der Waals surface area contributed by atoms with Crippen LogP contribution in [-0.4, -0.2) is 51.0 Å². The molecule has 0 fully saturated rings. The number of carbonyl (C=O) groups excluding carboxylic acids is 2. The second-order valence-electron chi connectivity index (χ2n) is 9.34. The van der Waals surface area contributed by atoms with E-state index in [1.807, 2.05) is 61.5 Å². The van der Waals surface area contributed by atoms with E-state index in [1.54, 1.807) is 30.1 Å². The number of hydrogen-bond acceptors (Lipinski definition) is 4. The molecule has 0 saturated heterocycles. The first kappa shape index (κ1) is 30.7. The molecule has 3 aromatic rings. The van der Waals surface area contributed by atoms with Crippen LogP contribution in [0.25, 0.3) is 0 Å². The number of benzene rings is 3. The maximum atomic E-state index is 13.7. The van der Waals surface area contributed by atoms with Crippen LogP contribution in [0.15, 0.2) is 77.3 Å². The van der Waals surface area contributed by atoms with Crippen LogP contribution in [0.1, 0.15) is 29.5 Å². The topological polar surface area (TPSA) is 86.8 Å². The Bertz CT molecular complexity index is 1390. The average Bonchev–Trinajstić information content (AvgIpc) is 2.90. The summed E-state index contributed by atoms with van der Waals surface area (Å²) >= 11 is 9.58. The Hall–Kier alpha value is -2.88. The molecule has 7 nitrogen and oxygen atoms in total. The second kappa shape index (κ2) is 14.0. The largest absolute Gasteiger partial charge is 0.357 e. The summed E-state index contributed by atoms with van der Waals surface area (Å²) in [6.45, 7) is 2.15. The lowest BCUT2D eigenvalue weighted by Gasteiger charge is -2.31. The van der Waals surface area contributed by atoms with E-state index in [0.717, 1.165) is 27.4 Å². The summed E-state index contributed by atoms with van der Waals surface area (Å²) in [6.07, 6.45) is 1.81. The fraction of sp³-hybridized carbons (Fsp3) is 0.310. The fourth-order valence-electron chi connectivity index (χ4n) is 4.34. The highest BCUT2D eigenvalue weighted by molar-refractivity contribution is 9.10. The van der Waals surface area contributed by atoms with Crippen molar-refractivity contribution in [2.45, 2.75) is 38.8 Å². The van der Waals surface area contributed by atoms with Gasteiger partial charge in [0.05, 0.1) is 11.9 Å². The highest BCUT2D eigenvalue weighted by Gasteiger charge is 2.30. The first-order valence-corrected chi connectivity index (χ1v) is 15.5. The number of nitrogens with one attached hydrogen (secondary N) is 1. The molecule has 39 heavy (non-hydrogen) atoms. The van der Waals surface area contributed by atoms with Gasteiger partial charge in [0.1, 0.15) is 6.04 Å². The van der Waals surface area contributed by atoms with Gasteiger partial charge in [0.15, 0.2) is 0 Å². The van der Waals surface area contributed by atoms with Crippen molar-refractivity contribution in [1.82, 2.24) is 10.2 Å². The van der Waals surface area contributed by atoms with Crippen molar-refractivity contribution in [3.63, 3.8) is 0 Å². The monoisotopic (exact) mass is 633 g/mol. The molecule has 1 N–H and O–H groups in total. The lowest BCUT2D eigenvalue weighted by molar-refractivity contribution is -0.141.